The van der Waals surface area contributed by atoms with Crippen LogP contribution >= 0.6 is 11.6 Å². The first-order chi connectivity index (χ1) is 12.9. The molecule has 6 heteroatoms. The lowest BCUT2D eigenvalue weighted by molar-refractivity contribution is -0.0846. The lowest BCUT2D eigenvalue weighted by atomic mass is 9.96. The molecule has 1 fully saturated rings. The van der Waals surface area contributed by atoms with Gasteiger partial charge in [-0.1, -0.05) is 23.7 Å². The van der Waals surface area contributed by atoms with E-state index in [1.165, 1.54) is 0 Å². The highest BCUT2D eigenvalue weighted by molar-refractivity contribution is 6.30. The van der Waals surface area contributed by atoms with Gasteiger partial charge >= 0.3 is 0 Å². The predicted octanol–water partition coefficient (Wildman–Crippen LogP) is 4.35. The molecule has 0 bridgehead atoms. The third kappa shape index (κ3) is 4.04. The van der Waals surface area contributed by atoms with Crippen LogP contribution in [0.25, 0.3) is 0 Å². The summed E-state index contributed by atoms with van der Waals surface area (Å²) in [6.07, 6.45) is -0.221. The van der Waals surface area contributed by atoms with Crippen LogP contribution < -0.4 is 9.47 Å². The van der Waals surface area contributed by atoms with Crippen LogP contribution in [0.15, 0.2) is 42.5 Å². The standard InChI is InChI=1S/C21H24ClNO4/c1-21(2)13-27-19(14-6-5-7-16(22)10-14)12-23(21)20(24)15-8-9-17(25-3)18(11-15)26-4/h5-11,19H,12-13H2,1-4H3. The van der Waals surface area contributed by atoms with Crippen molar-refractivity contribution in [2.75, 3.05) is 27.4 Å². The number of methoxy groups -OCH3 is 2. The second-order valence-electron chi connectivity index (χ2n) is 7.15. The number of halogens is 1. The SMILES string of the molecule is COc1ccc(C(=O)N2CC(c3cccc(Cl)c3)OCC2(C)C)cc1OC. The summed E-state index contributed by atoms with van der Waals surface area (Å²) in [4.78, 5) is 15.1. The van der Waals surface area contributed by atoms with Gasteiger partial charge in [0.15, 0.2) is 11.5 Å². The summed E-state index contributed by atoms with van der Waals surface area (Å²) in [5.41, 5.74) is 1.08. The second kappa shape index (κ2) is 7.79. The Bertz CT molecular complexity index is 837. The van der Waals surface area contributed by atoms with Crippen LogP contribution in [0.3, 0.4) is 0 Å². The highest BCUT2D eigenvalue weighted by Gasteiger charge is 2.39. The Labute approximate surface area is 164 Å². The number of carbonyl (C=O) groups is 1. The molecular formula is C21H24ClNO4. The largest absolute Gasteiger partial charge is 0.493 e. The van der Waals surface area contributed by atoms with E-state index in [-0.39, 0.29) is 12.0 Å². The molecule has 1 unspecified atom stereocenters. The van der Waals surface area contributed by atoms with Gasteiger partial charge in [0.2, 0.25) is 0 Å². The third-order valence-electron chi connectivity index (χ3n) is 4.81. The minimum Gasteiger partial charge on any atom is -0.493 e. The van der Waals surface area contributed by atoms with E-state index in [1.54, 1.807) is 32.4 Å². The zero-order chi connectivity index (χ0) is 19.6. The molecular weight excluding hydrogens is 366 g/mol. The average Bonchev–Trinajstić information content (AvgIpc) is 2.66. The molecule has 0 aromatic heterocycles. The van der Waals surface area contributed by atoms with Crippen LogP contribution in [-0.4, -0.2) is 43.7 Å². The van der Waals surface area contributed by atoms with Crippen LogP contribution in [0.5, 0.6) is 11.5 Å². The quantitative estimate of drug-likeness (QED) is 0.780. The number of nitrogens with zero attached hydrogens (tertiary/aromatic N) is 1. The molecule has 144 valence electrons. The van der Waals surface area contributed by atoms with E-state index >= 15 is 0 Å². The Morgan fingerprint density at radius 1 is 1.15 bits per heavy atom. The van der Waals surface area contributed by atoms with Gasteiger partial charge in [0, 0.05) is 10.6 Å². The first kappa shape index (κ1) is 19.5. The molecule has 1 amide bonds. The first-order valence-corrected chi connectivity index (χ1v) is 9.14. The smallest absolute Gasteiger partial charge is 0.254 e. The van der Waals surface area contributed by atoms with E-state index in [0.717, 1.165) is 5.56 Å². The topological polar surface area (TPSA) is 48.0 Å². The third-order valence-corrected chi connectivity index (χ3v) is 5.05. The van der Waals surface area contributed by atoms with Gasteiger partial charge in [0.1, 0.15) is 6.10 Å². The monoisotopic (exact) mass is 389 g/mol. The maximum atomic E-state index is 13.3. The molecule has 1 aliphatic rings. The van der Waals surface area contributed by atoms with Gasteiger partial charge in [-0.05, 0) is 49.7 Å². The van der Waals surface area contributed by atoms with Crippen molar-refractivity contribution in [3.8, 4) is 11.5 Å². The van der Waals surface area contributed by atoms with E-state index < -0.39 is 5.54 Å². The van der Waals surface area contributed by atoms with Gasteiger partial charge in [0.25, 0.3) is 5.91 Å². The Hall–Kier alpha value is -2.24. The molecule has 1 atom stereocenters. The number of carbonyl (C=O) groups excluding carboxylic acids is 1. The maximum Gasteiger partial charge on any atom is 0.254 e. The number of ether oxygens (including phenoxy) is 3. The van der Waals surface area contributed by atoms with Crippen LogP contribution in [0.2, 0.25) is 5.02 Å². The van der Waals surface area contributed by atoms with Crippen molar-refractivity contribution in [2.24, 2.45) is 0 Å². The minimum absolute atomic E-state index is 0.0729. The zero-order valence-electron chi connectivity index (χ0n) is 16.0. The van der Waals surface area contributed by atoms with Crippen molar-refractivity contribution < 1.29 is 19.0 Å². The van der Waals surface area contributed by atoms with E-state index in [4.69, 9.17) is 25.8 Å². The molecule has 0 radical (unpaired) electrons. The highest BCUT2D eigenvalue weighted by atomic mass is 35.5. The predicted molar refractivity (Wildman–Crippen MR) is 105 cm³/mol. The van der Waals surface area contributed by atoms with Crippen LogP contribution in [0.4, 0.5) is 0 Å². The Morgan fingerprint density at radius 3 is 2.56 bits per heavy atom. The van der Waals surface area contributed by atoms with E-state index in [0.29, 0.717) is 35.2 Å². The Morgan fingerprint density at radius 2 is 1.89 bits per heavy atom. The molecule has 0 aliphatic carbocycles. The van der Waals surface area contributed by atoms with E-state index in [2.05, 4.69) is 0 Å². The number of hydrogen-bond acceptors (Lipinski definition) is 4. The fourth-order valence-electron chi connectivity index (χ4n) is 3.24. The van der Waals surface area contributed by atoms with Crippen LogP contribution in [0, 0.1) is 0 Å². The van der Waals surface area contributed by atoms with Crippen LogP contribution in [0.1, 0.15) is 35.9 Å². The second-order valence-corrected chi connectivity index (χ2v) is 7.59. The molecule has 1 saturated heterocycles. The fourth-order valence-corrected chi connectivity index (χ4v) is 3.44. The zero-order valence-corrected chi connectivity index (χ0v) is 16.7. The van der Waals surface area contributed by atoms with Crippen molar-refractivity contribution in [2.45, 2.75) is 25.5 Å². The van der Waals surface area contributed by atoms with Gasteiger partial charge < -0.3 is 19.1 Å². The summed E-state index contributed by atoms with van der Waals surface area (Å²) in [6, 6.07) is 12.8. The lowest BCUT2D eigenvalue weighted by Crippen LogP contribution is -2.56. The van der Waals surface area contributed by atoms with E-state index in [9.17, 15) is 4.79 Å². The normalized spacial score (nSPS) is 18.9. The highest BCUT2D eigenvalue weighted by Crippen LogP contribution is 2.34. The summed E-state index contributed by atoms with van der Waals surface area (Å²) in [7, 11) is 3.12. The lowest BCUT2D eigenvalue weighted by Gasteiger charge is -2.45. The number of rotatable bonds is 4. The summed E-state index contributed by atoms with van der Waals surface area (Å²) in [5, 5.41) is 0.652. The number of hydrogen-bond donors (Lipinski definition) is 0. The number of amides is 1. The molecule has 5 nitrogen and oxygen atoms in total. The average molecular weight is 390 g/mol. The summed E-state index contributed by atoms with van der Waals surface area (Å²) >= 11 is 6.12. The maximum absolute atomic E-state index is 13.3. The van der Waals surface area contributed by atoms with Gasteiger partial charge in [-0.15, -0.1) is 0 Å². The summed E-state index contributed by atoms with van der Waals surface area (Å²) in [5.74, 6) is 1.05. The first-order valence-electron chi connectivity index (χ1n) is 8.77. The molecule has 0 saturated carbocycles. The van der Waals surface area contributed by atoms with Gasteiger partial charge in [-0.25, -0.2) is 0 Å². The van der Waals surface area contributed by atoms with Gasteiger partial charge in [0.05, 0.1) is 32.9 Å². The van der Waals surface area contributed by atoms with Crippen molar-refractivity contribution >= 4 is 17.5 Å². The Balaban J connectivity index is 1.89. The molecule has 2 aromatic rings. The number of morpholine rings is 1. The fraction of sp³-hybridized carbons (Fsp3) is 0.381. The summed E-state index contributed by atoms with van der Waals surface area (Å²) < 4.78 is 16.6. The van der Waals surface area contributed by atoms with Crippen LogP contribution in [-0.2, 0) is 4.74 Å². The molecule has 3 rings (SSSR count). The molecule has 1 heterocycles. The van der Waals surface area contributed by atoms with Crippen molar-refractivity contribution in [3.63, 3.8) is 0 Å². The molecule has 0 N–H and O–H groups in total. The van der Waals surface area contributed by atoms with Crippen molar-refractivity contribution in [1.82, 2.24) is 4.90 Å². The summed E-state index contributed by atoms with van der Waals surface area (Å²) in [6.45, 7) is 4.88. The van der Waals surface area contributed by atoms with Crippen molar-refractivity contribution in [3.05, 3.63) is 58.6 Å². The molecule has 27 heavy (non-hydrogen) atoms. The Kier molecular flexibility index (Phi) is 5.63. The molecule has 2 aromatic carbocycles. The van der Waals surface area contributed by atoms with Crippen molar-refractivity contribution in [1.29, 1.82) is 0 Å². The van der Waals surface area contributed by atoms with Gasteiger partial charge in [-0.2, -0.15) is 0 Å². The van der Waals surface area contributed by atoms with E-state index in [1.807, 2.05) is 43.0 Å². The number of benzene rings is 2. The molecule has 1 aliphatic heterocycles. The van der Waals surface area contributed by atoms with Gasteiger partial charge in [-0.3, -0.25) is 4.79 Å². The minimum atomic E-state index is -0.431. The molecule has 0 spiro atoms.